The van der Waals surface area contributed by atoms with Gasteiger partial charge >= 0.3 is 5.97 Å². The number of hydrogen-bond donors (Lipinski definition) is 0. The van der Waals surface area contributed by atoms with Crippen LogP contribution in [0, 0.1) is 11.6 Å². The molecule has 2 rings (SSSR count). The third-order valence-corrected chi connectivity index (χ3v) is 1.71. The Morgan fingerprint density at radius 3 is 2.60 bits per heavy atom. The first-order valence-corrected chi connectivity index (χ1v) is 4.09. The van der Waals surface area contributed by atoms with Crippen molar-refractivity contribution in [2.45, 2.75) is 0 Å². The zero-order valence-corrected chi connectivity index (χ0v) is 7.41. The number of halogens is 2. The normalized spacial score (nSPS) is 17.2. The molecule has 0 fully saturated rings. The summed E-state index contributed by atoms with van der Waals surface area (Å²) in [5.41, 5.74) is -0.0780. The summed E-state index contributed by atoms with van der Waals surface area (Å²) in [7, 11) is 0. The van der Waals surface area contributed by atoms with Gasteiger partial charge in [0.15, 0.2) is 5.82 Å². The Hall–Kier alpha value is -2.04. The fourth-order valence-corrected chi connectivity index (χ4v) is 1.06. The lowest BCUT2D eigenvalue weighted by Gasteiger charge is -1.98. The van der Waals surface area contributed by atoms with Gasteiger partial charge in [-0.2, -0.15) is 0 Å². The number of ether oxygens (including phenoxy) is 1. The summed E-state index contributed by atoms with van der Waals surface area (Å²) >= 11 is 0. The zero-order chi connectivity index (χ0) is 10.8. The Bertz CT molecular complexity index is 480. The molecular weight excluding hydrogens is 204 g/mol. The maximum absolute atomic E-state index is 13.1. The number of aliphatic imine (C=N–C) groups is 1. The quantitative estimate of drug-likeness (QED) is 0.664. The van der Waals surface area contributed by atoms with Gasteiger partial charge in [0.05, 0.1) is 0 Å². The number of carbonyl (C=O) groups excluding carboxylic acids is 1. The monoisotopic (exact) mass is 209 g/mol. The van der Waals surface area contributed by atoms with E-state index in [1.165, 1.54) is 12.2 Å². The fraction of sp³-hybridized carbons (Fsp3) is 0. The summed E-state index contributed by atoms with van der Waals surface area (Å²) in [4.78, 5) is 14.3. The minimum absolute atomic E-state index is 0.00879. The Balaban J connectivity index is 2.32. The molecule has 76 valence electrons. The molecule has 0 saturated heterocycles. The molecule has 5 heteroatoms. The first-order chi connectivity index (χ1) is 7.15. The van der Waals surface area contributed by atoms with Crippen molar-refractivity contribution >= 4 is 17.6 Å². The van der Waals surface area contributed by atoms with Gasteiger partial charge in [-0.15, -0.1) is 0 Å². The van der Waals surface area contributed by atoms with Crippen LogP contribution in [0.2, 0.25) is 0 Å². The molecule has 0 unspecified atom stereocenters. The summed E-state index contributed by atoms with van der Waals surface area (Å²) in [6, 6.07) is 2.94. The Labute approximate surface area is 83.7 Å². The smallest absolute Gasteiger partial charge is 0.337 e. The van der Waals surface area contributed by atoms with E-state index >= 15 is 0 Å². The summed E-state index contributed by atoms with van der Waals surface area (Å²) in [6.07, 6.45) is 2.48. The molecule has 15 heavy (non-hydrogen) atoms. The van der Waals surface area contributed by atoms with E-state index in [2.05, 4.69) is 9.73 Å². The van der Waals surface area contributed by atoms with Gasteiger partial charge in [-0.05, 0) is 12.1 Å². The van der Waals surface area contributed by atoms with Crippen molar-refractivity contribution in [2.75, 3.05) is 0 Å². The van der Waals surface area contributed by atoms with Crippen LogP contribution in [0.3, 0.4) is 0 Å². The Kier molecular flexibility index (Phi) is 2.29. The van der Waals surface area contributed by atoms with Gasteiger partial charge in [0.25, 0.3) is 0 Å². The van der Waals surface area contributed by atoms with Gasteiger partial charge in [-0.25, -0.2) is 18.6 Å². The maximum atomic E-state index is 13.1. The van der Waals surface area contributed by atoms with Crippen molar-refractivity contribution < 1.29 is 18.3 Å². The molecule has 3 nitrogen and oxygen atoms in total. The van der Waals surface area contributed by atoms with Crippen LogP contribution in [0.4, 0.5) is 14.5 Å². The van der Waals surface area contributed by atoms with Crippen molar-refractivity contribution in [3.8, 4) is 0 Å². The second-order valence-electron chi connectivity index (χ2n) is 2.80. The first-order valence-electron chi connectivity index (χ1n) is 4.09. The molecule has 1 aliphatic heterocycles. The van der Waals surface area contributed by atoms with E-state index < -0.39 is 17.6 Å². The molecule has 0 radical (unpaired) electrons. The molecule has 0 bridgehead atoms. The number of cyclic esters (lactones) is 1. The SMILES string of the molecule is O=C1C=CC(=Nc2ccc(F)cc2F)O1. The molecule has 0 atom stereocenters. The van der Waals surface area contributed by atoms with Crippen molar-refractivity contribution in [3.05, 3.63) is 42.0 Å². The number of nitrogens with zero attached hydrogens (tertiary/aromatic N) is 1. The van der Waals surface area contributed by atoms with Gasteiger partial charge < -0.3 is 4.74 Å². The molecule has 0 N–H and O–H groups in total. The van der Waals surface area contributed by atoms with E-state index in [0.717, 1.165) is 12.1 Å². The maximum Gasteiger partial charge on any atom is 0.337 e. The first kappa shape index (κ1) is 9.51. The predicted molar refractivity (Wildman–Crippen MR) is 48.7 cm³/mol. The molecule has 1 aromatic rings. The fourth-order valence-electron chi connectivity index (χ4n) is 1.06. The zero-order valence-electron chi connectivity index (χ0n) is 7.41. The van der Waals surface area contributed by atoms with Gasteiger partial charge in [0, 0.05) is 18.2 Å². The van der Waals surface area contributed by atoms with Crippen molar-refractivity contribution in [1.82, 2.24) is 0 Å². The third-order valence-electron chi connectivity index (χ3n) is 1.71. The van der Waals surface area contributed by atoms with Gasteiger partial charge in [-0.1, -0.05) is 0 Å². The minimum atomic E-state index is -0.807. The van der Waals surface area contributed by atoms with Crippen LogP contribution in [0.25, 0.3) is 0 Å². The second kappa shape index (κ2) is 3.61. The van der Waals surface area contributed by atoms with Crippen LogP contribution in [-0.4, -0.2) is 11.9 Å². The highest BCUT2D eigenvalue weighted by molar-refractivity contribution is 6.08. The predicted octanol–water partition coefficient (Wildman–Crippen LogP) is 2.11. The van der Waals surface area contributed by atoms with Gasteiger partial charge in [0.1, 0.15) is 11.5 Å². The molecule has 0 saturated carbocycles. The lowest BCUT2D eigenvalue weighted by atomic mass is 10.3. The summed E-state index contributed by atoms with van der Waals surface area (Å²) in [6.45, 7) is 0. The Morgan fingerprint density at radius 1 is 1.20 bits per heavy atom. The number of benzene rings is 1. The van der Waals surface area contributed by atoms with E-state index in [4.69, 9.17) is 0 Å². The molecular formula is C10H5F2NO2. The van der Waals surface area contributed by atoms with Crippen LogP contribution in [0.1, 0.15) is 0 Å². The number of hydrogen-bond acceptors (Lipinski definition) is 3. The number of esters is 1. The largest absolute Gasteiger partial charge is 0.404 e. The highest BCUT2D eigenvalue weighted by Crippen LogP contribution is 2.19. The molecule has 1 aromatic carbocycles. The highest BCUT2D eigenvalue weighted by atomic mass is 19.1. The van der Waals surface area contributed by atoms with Crippen molar-refractivity contribution in [1.29, 1.82) is 0 Å². The average Bonchev–Trinajstić information content (AvgIpc) is 2.56. The van der Waals surface area contributed by atoms with E-state index in [9.17, 15) is 13.6 Å². The minimum Gasteiger partial charge on any atom is -0.404 e. The molecule has 0 spiro atoms. The molecule has 0 aliphatic carbocycles. The standard InChI is InChI=1S/C10H5F2NO2/c11-6-1-2-8(7(12)5-6)13-9-3-4-10(14)15-9/h1-5H. The van der Waals surface area contributed by atoms with E-state index in [1.807, 2.05) is 0 Å². The lowest BCUT2D eigenvalue weighted by molar-refractivity contribution is -0.129. The number of rotatable bonds is 1. The molecule has 0 amide bonds. The summed E-state index contributed by atoms with van der Waals surface area (Å²) in [5.74, 6) is -2.06. The third kappa shape index (κ3) is 2.07. The van der Waals surface area contributed by atoms with Gasteiger partial charge in [0.2, 0.25) is 5.90 Å². The van der Waals surface area contributed by atoms with Crippen molar-refractivity contribution in [2.24, 2.45) is 4.99 Å². The lowest BCUT2D eigenvalue weighted by Crippen LogP contribution is -1.98. The van der Waals surface area contributed by atoms with E-state index in [1.54, 1.807) is 0 Å². The summed E-state index contributed by atoms with van der Waals surface area (Å²) in [5, 5.41) is 0. The van der Waals surface area contributed by atoms with Crippen molar-refractivity contribution in [3.63, 3.8) is 0 Å². The van der Waals surface area contributed by atoms with Crippen LogP contribution < -0.4 is 0 Å². The molecule has 1 heterocycles. The van der Waals surface area contributed by atoms with Crippen LogP contribution >= 0.6 is 0 Å². The van der Waals surface area contributed by atoms with E-state index in [-0.39, 0.29) is 11.6 Å². The topological polar surface area (TPSA) is 38.7 Å². The van der Waals surface area contributed by atoms with E-state index in [0.29, 0.717) is 6.07 Å². The van der Waals surface area contributed by atoms with Crippen LogP contribution in [0.15, 0.2) is 35.3 Å². The molecule has 1 aliphatic rings. The average molecular weight is 209 g/mol. The van der Waals surface area contributed by atoms with Crippen LogP contribution in [-0.2, 0) is 9.53 Å². The number of carbonyl (C=O) groups is 1. The molecule has 0 aromatic heterocycles. The van der Waals surface area contributed by atoms with Gasteiger partial charge in [-0.3, -0.25) is 0 Å². The summed E-state index contributed by atoms with van der Waals surface area (Å²) < 4.78 is 30.2. The van der Waals surface area contributed by atoms with Crippen LogP contribution in [0.5, 0.6) is 0 Å². The highest BCUT2D eigenvalue weighted by Gasteiger charge is 2.12. The Morgan fingerprint density at radius 2 is 2.00 bits per heavy atom. The second-order valence-corrected chi connectivity index (χ2v) is 2.80.